The summed E-state index contributed by atoms with van der Waals surface area (Å²) in [7, 11) is 0. The molecule has 2 heterocycles. The molecule has 0 saturated carbocycles. The van der Waals surface area contributed by atoms with Crippen molar-refractivity contribution in [1.29, 1.82) is 0 Å². The molecular formula is C14H25N3. The number of nitrogens with zero attached hydrogens (tertiary/aromatic N) is 2. The van der Waals surface area contributed by atoms with Gasteiger partial charge in [-0.1, -0.05) is 27.7 Å². The highest BCUT2D eigenvalue weighted by molar-refractivity contribution is 5.11. The lowest BCUT2D eigenvalue weighted by molar-refractivity contribution is 0.246. The minimum atomic E-state index is 0.678. The van der Waals surface area contributed by atoms with Gasteiger partial charge < -0.3 is 9.88 Å². The second-order valence-electron chi connectivity index (χ2n) is 5.98. The summed E-state index contributed by atoms with van der Waals surface area (Å²) < 4.78 is 2.37. The van der Waals surface area contributed by atoms with Gasteiger partial charge in [0.2, 0.25) is 0 Å². The van der Waals surface area contributed by atoms with Gasteiger partial charge in [-0.25, -0.2) is 4.98 Å². The number of hydrogen-bond acceptors (Lipinski definition) is 2. The van der Waals surface area contributed by atoms with Crippen LogP contribution < -0.4 is 5.32 Å². The summed E-state index contributed by atoms with van der Waals surface area (Å²) in [6.07, 6.45) is 4.05. The van der Waals surface area contributed by atoms with Crippen LogP contribution in [0, 0.1) is 17.8 Å². The normalized spacial score (nSPS) is 17.1. The molecule has 0 spiro atoms. The van der Waals surface area contributed by atoms with E-state index in [0.29, 0.717) is 5.92 Å². The van der Waals surface area contributed by atoms with Gasteiger partial charge in [-0.15, -0.1) is 0 Å². The quantitative estimate of drug-likeness (QED) is 0.850. The molecule has 2 rings (SSSR count). The van der Waals surface area contributed by atoms with Crippen molar-refractivity contribution >= 4 is 0 Å². The zero-order valence-corrected chi connectivity index (χ0v) is 11.5. The Morgan fingerprint density at radius 3 is 2.41 bits per heavy atom. The number of hydrogen-bond donors (Lipinski definition) is 1. The van der Waals surface area contributed by atoms with Gasteiger partial charge in [0.05, 0.1) is 6.33 Å². The van der Waals surface area contributed by atoms with Crippen LogP contribution in [0.15, 0.2) is 12.5 Å². The van der Waals surface area contributed by atoms with Crippen molar-refractivity contribution in [3.05, 3.63) is 18.2 Å². The van der Waals surface area contributed by atoms with Crippen LogP contribution in [0.3, 0.4) is 0 Å². The molecule has 1 saturated heterocycles. The molecule has 3 heteroatoms. The van der Waals surface area contributed by atoms with Gasteiger partial charge in [0.25, 0.3) is 0 Å². The van der Waals surface area contributed by atoms with Crippen molar-refractivity contribution in [2.24, 2.45) is 17.8 Å². The van der Waals surface area contributed by atoms with E-state index in [9.17, 15) is 0 Å². The maximum absolute atomic E-state index is 4.33. The van der Waals surface area contributed by atoms with Crippen molar-refractivity contribution in [3.8, 4) is 0 Å². The molecule has 96 valence electrons. The van der Waals surface area contributed by atoms with Crippen LogP contribution in [-0.2, 0) is 6.54 Å². The maximum atomic E-state index is 4.33. The van der Waals surface area contributed by atoms with Crippen LogP contribution in [-0.4, -0.2) is 22.6 Å². The predicted octanol–water partition coefficient (Wildman–Crippen LogP) is 2.50. The average molecular weight is 235 g/mol. The molecule has 1 aliphatic rings. The van der Waals surface area contributed by atoms with Crippen LogP contribution in [0.4, 0.5) is 0 Å². The molecule has 1 aliphatic heterocycles. The Morgan fingerprint density at radius 1 is 1.29 bits per heavy atom. The van der Waals surface area contributed by atoms with E-state index in [1.807, 2.05) is 12.5 Å². The van der Waals surface area contributed by atoms with Gasteiger partial charge in [-0.05, 0) is 17.8 Å². The molecule has 0 aromatic carbocycles. The summed E-state index contributed by atoms with van der Waals surface area (Å²) in [5.74, 6) is 2.86. The summed E-state index contributed by atoms with van der Waals surface area (Å²) in [6.45, 7) is 12.6. The van der Waals surface area contributed by atoms with Crippen LogP contribution in [0.2, 0.25) is 0 Å². The first kappa shape index (κ1) is 12.6. The number of nitrogens with one attached hydrogen (secondary N) is 1. The third-order valence-electron chi connectivity index (χ3n) is 4.06. The molecule has 1 fully saturated rings. The summed E-state index contributed by atoms with van der Waals surface area (Å²) in [5, 5.41) is 3.33. The Kier molecular flexibility index (Phi) is 3.87. The molecule has 17 heavy (non-hydrogen) atoms. The molecule has 0 amide bonds. The fourth-order valence-electron chi connectivity index (χ4n) is 2.74. The van der Waals surface area contributed by atoms with Gasteiger partial charge in [-0.2, -0.15) is 0 Å². The zero-order valence-electron chi connectivity index (χ0n) is 11.5. The molecule has 0 aliphatic carbocycles. The average Bonchev–Trinajstić information content (AvgIpc) is 2.58. The molecule has 0 bridgehead atoms. The first-order chi connectivity index (χ1) is 8.09. The summed E-state index contributed by atoms with van der Waals surface area (Å²) in [4.78, 5) is 4.33. The van der Waals surface area contributed by atoms with Crippen molar-refractivity contribution in [1.82, 2.24) is 14.9 Å². The molecule has 0 atom stereocenters. The molecule has 1 N–H and O–H groups in total. The zero-order chi connectivity index (χ0) is 12.4. The Bertz CT molecular complexity index is 342. The number of aromatic nitrogens is 2. The fraction of sp³-hybridized carbons (Fsp3) is 0.786. The predicted molar refractivity (Wildman–Crippen MR) is 71.0 cm³/mol. The van der Waals surface area contributed by atoms with E-state index in [1.165, 1.54) is 5.69 Å². The SMILES string of the molecule is CC(C)C(Cn1cncc1C1CNC1)C(C)C. The van der Waals surface area contributed by atoms with E-state index in [1.54, 1.807) is 0 Å². The third kappa shape index (κ3) is 2.71. The molecule has 1 aromatic heterocycles. The van der Waals surface area contributed by atoms with E-state index >= 15 is 0 Å². The molecule has 3 nitrogen and oxygen atoms in total. The van der Waals surface area contributed by atoms with Crippen molar-refractivity contribution in [3.63, 3.8) is 0 Å². The lowest BCUT2D eigenvalue weighted by Crippen LogP contribution is -2.41. The van der Waals surface area contributed by atoms with Gasteiger partial charge in [0.1, 0.15) is 0 Å². The number of imidazole rings is 1. The highest BCUT2D eigenvalue weighted by atomic mass is 15.1. The summed E-state index contributed by atoms with van der Waals surface area (Å²) >= 11 is 0. The van der Waals surface area contributed by atoms with E-state index in [2.05, 4.69) is 42.6 Å². The van der Waals surface area contributed by atoms with Crippen molar-refractivity contribution < 1.29 is 0 Å². The minimum absolute atomic E-state index is 0.678. The van der Waals surface area contributed by atoms with Crippen LogP contribution in [0.5, 0.6) is 0 Å². The van der Waals surface area contributed by atoms with Crippen molar-refractivity contribution in [2.75, 3.05) is 13.1 Å². The smallest absolute Gasteiger partial charge is 0.0948 e. The van der Waals surface area contributed by atoms with E-state index in [0.717, 1.165) is 37.4 Å². The molecular weight excluding hydrogens is 210 g/mol. The number of rotatable bonds is 5. The Morgan fingerprint density at radius 2 is 1.94 bits per heavy atom. The summed E-state index contributed by atoms with van der Waals surface area (Å²) in [6, 6.07) is 0. The molecule has 0 radical (unpaired) electrons. The summed E-state index contributed by atoms with van der Waals surface area (Å²) in [5.41, 5.74) is 1.41. The topological polar surface area (TPSA) is 29.9 Å². The first-order valence-electron chi connectivity index (χ1n) is 6.80. The van der Waals surface area contributed by atoms with Gasteiger partial charge >= 0.3 is 0 Å². The Hall–Kier alpha value is -0.830. The van der Waals surface area contributed by atoms with Crippen LogP contribution >= 0.6 is 0 Å². The van der Waals surface area contributed by atoms with Gasteiger partial charge in [-0.3, -0.25) is 0 Å². The van der Waals surface area contributed by atoms with E-state index < -0.39 is 0 Å². The second kappa shape index (κ2) is 5.21. The van der Waals surface area contributed by atoms with E-state index in [-0.39, 0.29) is 0 Å². The standard InChI is InChI=1S/C14H25N3/c1-10(2)13(11(3)4)8-17-9-16-7-14(17)12-5-15-6-12/h7,9-13,15H,5-6,8H2,1-4H3. The lowest BCUT2D eigenvalue weighted by atomic mass is 9.85. The largest absolute Gasteiger partial charge is 0.334 e. The van der Waals surface area contributed by atoms with E-state index in [4.69, 9.17) is 0 Å². The highest BCUT2D eigenvalue weighted by Gasteiger charge is 2.24. The van der Waals surface area contributed by atoms with Crippen molar-refractivity contribution in [2.45, 2.75) is 40.2 Å². The highest BCUT2D eigenvalue weighted by Crippen LogP contribution is 2.26. The monoisotopic (exact) mass is 235 g/mol. The Balaban J connectivity index is 2.08. The third-order valence-corrected chi connectivity index (χ3v) is 4.06. The lowest BCUT2D eigenvalue weighted by Gasteiger charge is -2.31. The van der Waals surface area contributed by atoms with Gasteiger partial charge in [0, 0.05) is 37.4 Å². The molecule has 1 aromatic rings. The first-order valence-corrected chi connectivity index (χ1v) is 6.80. The minimum Gasteiger partial charge on any atom is -0.334 e. The Labute approximate surface area is 105 Å². The second-order valence-corrected chi connectivity index (χ2v) is 5.98. The van der Waals surface area contributed by atoms with Gasteiger partial charge in [0.15, 0.2) is 0 Å². The fourth-order valence-corrected chi connectivity index (χ4v) is 2.74. The maximum Gasteiger partial charge on any atom is 0.0948 e. The molecule has 0 unspecified atom stereocenters. The van der Waals surface area contributed by atoms with Crippen LogP contribution in [0.1, 0.15) is 39.3 Å². The van der Waals surface area contributed by atoms with Crippen LogP contribution in [0.25, 0.3) is 0 Å².